The van der Waals surface area contributed by atoms with Gasteiger partial charge in [0.1, 0.15) is 6.10 Å². The monoisotopic (exact) mass is 682 g/mol. The number of anilines is 1. The lowest BCUT2D eigenvalue weighted by atomic mass is 10.0. The van der Waals surface area contributed by atoms with E-state index in [0.717, 1.165) is 6.07 Å². The number of fused-ring (bicyclic) bond motifs is 1. The summed E-state index contributed by atoms with van der Waals surface area (Å²) in [5.74, 6) is -1.24. The average Bonchev–Trinajstić information content (AvgIpc) is 3.43. The number of carbonyl (C=O) groups excluding carboxylic acids is 1. The number of halogens is 3. The molecule has 3 N–H and O–H groups in total. The highest BCUT2D eigenvalue weighted by Crippen LogP contribution is 2.37. The molecule has 1 aliphatic rings. The Morgan fingerprint density at radius 1 is 0.917 bits per heavy atom. The number of aliphatic hydroxyl groups is 1. The summed E-state index contributed by atoms with van der Waals surface area (Å²) >= 11 is 0. The summed E-state index contributed by atoms with van der Waals surface area (Å²) in [7, 11) is 0. The van der Waals surface area contributed by atoms with Crippen molar-refractivity contribution >= 4 is 28.5 Å². The van der Waals surface area contributed by atoms with Gasteiger partial charge < -0.3 is 43.6 Å². The molecule has 4 rings (SSSR count). The van der Waals surface area contributed by atoms with Crippen LogP contribution in [0.2, 0.25) is 0 Å². The summed E-state index contributed by atoms with van der Waals surface area (Å²) in [5.41, 5.74) is -1.42. The van der Waals surface area contributed by atoms with E-state index in [4.69, 9.17) is 33.5 Å². The number of alkyl halides is 3. The van der Waals surface area contributed by atoms with Crippen molar-refractivity contribution in [2.45, 2.75) is 24.8 Å². The zero-order valence-corrected chi connectivity index (χ0v) is 25.9. The molecule has 0 bridgehead atoms. The molecular weight excluding hydrogens is 645 g/mol. The predicted molar refractivity (Wildman–Crippen MR) is 165 cm³/mol. The van der Waals surface area contributed by atoms with E-state index in [2.05, 4.69) is 4.98 Å². The molecular formula is C32H37F3N2O11. The van der Waals surface area contributed by atoms with Crippen molar-refractivity contribution in [2.75, 3.05) is 77.5 Å². The summed E-state index contributed by atoms with van der Waals surface area (Å²) in [6, 6.07) is 10.8. The molecule has 1 amide bonds. The number of ether oxygens (including phenoxy) is 6. The summed E-state index contributed by atoms with van der Waals surface area (Å²) in [5, 5.41) is 18.7. The molecule has 0 radical (unpaired) electrons. The smallest absolute Gasteiger partial charge is 0.417 e. The number of H-pyrrole nitrogens is 1. The molecule has 0 aliphatic carbocycles. The fraction of sp³-hybridized carbons (Fsp3) is 0.469. The van der Waals surface area contributed by atoms with Crippen LogP contribution < -0.4 is 10.5 Å². The van der Waals surface area contributed by atoms with Crippen LogP contribution in [0.3, 0.4) is 0 Å². The molecule has 1 aliphatic heterocycles. The standard InChI is InChI=1S/C32H37F3N2O11/c33-32(34,35)26-4-2-1-3-24(26)27-17-21-5-6-22(18-25(21)29(39)36-27)37-20-23(48-31(37)42)19-28(30(40)41)47-16-15-46-14-13-45-12-11-44-10-9-43-8-7-38/h1-6,17-18,23,28,38H,7-16,19-20H2,(H,36,39)(H,40,41). The Morgan fingerprint density at radius 2 is 1.54 bits per heavy atom. The Labute approximate surface area is 273 Å². The average molecular weight is 683 g/mol. The van der Waals surface area contributed by atoms with E-state index >= 15 is 0 Å². The van der Waals surface area contributed by atoms with Gasteiger partial charge in [0.15, 0.2) is 6.10 Å². The van der Waals surface area contributed by atoms with Crippen molar-refractivity contribution in [1.82, 2.24) is 4.98 Å². The number of aliphatic carboxylic acids is 1. The summed E-state index contributed by atoms with van der Waals surface area (Å²) < 4.78 is 72.6. The molecule has 2 aromatic carbocycles. The Hall–Kier alpha value is -4.06. The van der Waals surface area contributed by atoms with E-state index in [1.165, 1.54) is 47.4 Å². The third kappa shape index (κ3) is 10.5. The number of carboxylic acid groups (broad SMARTS) is 1. The first-order valence-electron chi connectivity index (χ1n) is 15.2. The van der Waals surface area contributed by atoms with Crippen molar-refractivity contribution in [3.63, 3.8) is 0 Å². The highest BCUT2D eigenvalue weighted by molar-refractivity contribution is 5.95. The molecule has 2 heterocycles. The molecule has 2 atom stereocenters. The van der Waals surface area contributed by atoms with E-state index in [1.807, 2.05) is 0 Å². The van der Waals surface area contributed by atoms with Crippen LogP contribution in [-0.2, 0) is 39.4 Å². The molecule has 2 unspecified atom stereocenters. The first kappa shape index (κ1) is 36.8. The maximum atomic E-state index is 13.6. The predicted octanol–water partition coefficient (Wildman–Crippen LogP) is 3.46. The van der Waals surface area contributed by atoms with E-state index in [-0.39, 0.29) is 62.6 Å². The summed E-state index contributed by atoms with van der Waals surface area (Å²) in [4.78, 5) is 41.2. The zero-order chi connectivity index (χ0) is 34.5. The molecule has 16 heteroatoms. The van der Waals surface area contributed by atoms with Gasteiger partial charge in [-0.25, -0.2) is 9.59 Å². The van der Waals surface area contributed by atoms with E-state index in [1.54, 1.807) is 0 Å². The van der Waals surface area contributed by atoms with Crippen LogP contribution in [0, 0.1) is 0 Å². The lowest BCUT2D eigenvalue weighted by Gasteiger charge is -2.17. The number of hydrogen-bond acceptors (Lipinski definition) is 10. The summed E-state index contributed by atoms with van der Waals surface area (Å²) in [6.07, 6.45) is -7.62. The Balaban J connectivity index is 1.25. The number of nitrogens with zero attached hydrogens (tertiary/aromatic N) is 1. The number of cyclic esters (lactones) is 1. The number of nitrogens with one attached hydrogen (secondary N) is 1. The number of benzene rings is 2. The number of carboxylic acids is 1. The molecule has 0 spiro atoms. The quantitative estimate of drug-likeness (QED) is 0.150. The van der Waals surface area contributed by atoms with Crippen LogP contribution in [0.25, 0.3) is 22.0 Å². The lowest BCUT2D eigenvalue weighted by molar-refractivity contribution is -0.153. The first-order valence-corrected chi connectivity index (χ1v) is 15.2. The molecule has 262 valence electrons. The third-order valence-electron chi connectivity index (χ3n) is 7.19. The SMILES string of the molecule is O=C(O)C(CC1CN(c2ccc3cc(-c4ccccc4C(F)(F)F)[nH]c(=O)c3c2)C(=O)O1)OCCOCCOCCOCCOCCO. The van der Waals surface area contributed by atoms with Crippen molar-refractivity contribution in [2.24, 2.45) is 0 Å². The van der Waals surface area contributed by atoms with E-state index in [0.29, 0.717) is 44.1 Å². The summed E-state index contributed by atoms with van der Waals surface area (Å²) in [6.45, 7) is 2.35. The van der Waals surface area contributed by atoms with Gasteiger partial charge in [0, 0.05) is 28.8 Å². The highest BCUT2D eigenvalue weighted by Gasteiger charge is 2.36. The van der Waals surface area contributed by atoms with Crippen LogP contribution in [-0.4, -0.2) is 112 Å². The van der Waals surface area contributed by atoms with Crippen LogP contribution in [0.4, 0.5) is 23.7 Å². The Bertz CT molecular complexity index is 1570. The number of rotatable bonds is 20. The Kier molecular flexibility index (Phi) is 13.7. The minimum Gasteiger partial charge on any atom is -0.479 e. The normalized spacial score (nSPS) is 15.6. The molecule has 48 heavy (non-hydrogen) atoms. The van der Waals surface area contributed by atoms with Crippen molar-refractivity contribution in [1.29, 1.82) is 0 Å². The number of carbonyl (C=O) groups is 2. The minimum absolute atomic E-state index is 0.00787. The van der Waals surface area contributed by atoms with Gasteiger partial charge in [-0.05, 0) is 29.7 Å². The van der Waals surface area contributed by atoms with Gasteiger partial charge in [-0.15, -0.1) is 0 Å². The van der Waals surface area contributed by atoms with Gasteiger partial charge in [-0.1, -0.05) is 24.3 Å². The van der Waals surface area contributed by atoms with Gasteiger partial charge >= 0.3 is 18.2 Å². The van der Waals surface area contributed by atoms with Gasteiger partial charge in [0.25, 0.3) is 5.56 Å². The van der Waals surface area contributed by atoms with Crippen molar-refractivity contribution in [3.05, 3.63) is 64.4 Å². The topological polar surface area (TPSA) is 166 Å². The number of amides is 1. The van der Waals surface area contributed by atoms with Crippen molar-refractivity contribution < 1.29 is 61.4 Å². The van der Waals surface area contributed by atoms with Gasteiger partial charge in [0.05, 0.1) is 78.2 Å². The second-order valence-electron chi connectivity index (χ2n) is 10.5. The lowest BCUT2D eigenvalue weighted by Crippen LogP contribution is -2.32. The van der Waals surface area contributed by atoms with Crippen LogP contribution in [0.15, 0.2) is 53.3 Å². The van der Waals surface area contributed by atoms with Gasteiger partial charge in [0.2, 0.25) is 0 Å². The number of aliphatic hydroxyl groups excluding tert-OH is 1. The minimum atomic E-state index is -4.62. The van der Waals surface area contributed by atoms with Crippen LogP contribution >= 0.6 is 0 Å². The fourth-order valence-electron chi connectivity index (χ4n) is 4.94. The van der Waals surface area contributed by atoms with Gasteiger partial charge in [-0.2, -0.15) is 13.2 Å². The first-order chi connectivity index (χ1) is 23.1. The molecule has 3 aromatic rings. The van der Waals surface area contributed by atoms with E-state index in [9.17, 15) is 32.7 Å². The second-order valence-corrected chi connectivity index (χ2v) is 10.5. The van der Waals surface area contributed by atoms with Gasteiger partial charge in [-0.3, -0.25) is 9.69 Å². The number of aromatic nitrogens is 1. The largest absolute Gasteiger partial charge is 0.479 e. The highest BCUT2D eigenvalue weighted by atomic mass is 19.4. The zero-order valence-electron chi connectivity index (χ0n) is 25.9. The maximum absolute atomic E-state index is 13.6. The van der Waals surface area contributed by atoms with Crippen LogP contribution in [0.5, 0.6) is 0 Å². The van der Waals surface area contributed by atoms with Crippen molar-refractivity contribution in [3.8, 4) is 11.3 Å². The van der Waals surface area contributed by atoms with E-state index < -0.39 is 41.6 Å². The fourth-order valence-corrected chi connectivity index (χ4v) is 4.94. The third-order valence-corrected chi connectivity index (χ3v) is 7.19. The molecule has 1 saturated heterocycles. The number of pyridine rings is 1. The molecule has 1 fully saturated rings. The van der Waals surface area contributed by atoms with Crippen LogP contribution in [0.1, 0.15) is 12.0 Å². The molecule has 13 nitrogen and oxygen atoms in total. The Morgan fingerprint density at radius 3 is 2.17 bits per heavy atom. The number of aromatic amines is 1. The molecule has 1 aromatic heterocycles. The second kappa shape index (κ2) is 17.9. The molecule has 0 saturated carbocycles. The number of hydrogen-bond donors (Lipinski definition) is 3. The maximum Gasteiger partial charge on any atom is 0.417 e.